The Balaban J connectivity index is 2.01. The molecular weight excluding hydrogens is 394 g/mol. The molecule has 0 aliphatic rings. The predicted octanol–water partition coefficient (Wildman–Crippen LogP) is 3.19. The summed E-state index contributed by atoms with van der Waals surface area (Å²) < 4.78 is 10.3. The third-order valence-electron chi connectivity index (χ3n) is 3.92. The third-order valence-corrected chi connectivity index (χ3v) is 4.73. The van der Waals surface area contributed by atoms with Crippen molar-refractivity contribution in [3.63, 3.8) is 0 Å². The van der Waals surface area contributed by atoms with Crippen LogP contribution in [0.4, 0.5) is 10.8 Å². The van der Waals surface area contributed by atoms with Gasteiger partial charge in [0, 0.05) is 11.1 Å². The highest BCUT2D eigenvalue weighted by atomic mass is 32.1. The number of amides is 1. The van der Waals surface area contributed by atoms with Gasteiger partial charge in [-0.2, -0.15) is 0 Å². The summed E-state index contributed by atoms with van der Waals surface area (Å²) in [4.78, 5) is 40.8. The lowest BCUT2D eigenvalue weighted by Crippen LogP contribution is -2.32. The van der Waals surface area contributed by atoms with Gasteiger partial charge >= 0.3 is 11.9 Å². The second-order valence-electron chi connectivity index (χ2n) is 6.27. The fourth-order valence-corrected chi connectivity index (χ4v) is 3.15. The van der Waals surface area contributed by atoms with Crippen LogP contribution in [-0.2, 0) is 25.5 Å². The first-order valence-corrected chi connectivity index (χ1v) is 10.3. The zero-order chi connectivity index (χ0) is 21.2. The number of esters is 2. The second kappa shape index (κ2) is 11.2. The Bertz CT molecular complexity index is 835. The number of carbonyl (C=O) groups is 3. The molecule has 1 unspecified atom stereocenters. The van der Waals surface area contributed by atoms with Gasteiger partial charge in [0.05, 0.1) is 24.3 Å². The Kier molecular flexibility index (Phi) is 8.60. The van der Waals surface area contributed by atoms with E-state index in [-0.39, 0.29) is 12.4 Å². The summed E-state index contributed by atoms with van der Waals surface area (Å²) in [7, 11) is 0. The molecule has 2 rings (SSSR count). The van der Waals surface area contributed by atoms with Crippen LogP contribution in [0.2, 0.25) is 0 Å². The first kappa shape index (κ1) is 22.4. The number of aromatic nitrogens is 1. The van der Waals surface area contributed by atoms with Gasteiger partial charge in [0.1, 0.15) is 0 Å². The molecule has 2 aromatic rings. The molecular formula is C20H25N3O5S. The van der Waals surface area contributed by atoms with Crippen molar-refractivity contribution in [1.29, 1.82) is 0 Å². The number of ether oxygens (including phenoxy) is 2. The average molecular weight is 420 g/mol. The van der Waals surface area contributed by atoms with Crippen LogP contribution in [0.5, 0.6) is 0 Å². The topological polar surface area (TPSA) is 121 Å². The van der Waals surface area contributed by atoms with Crippen LogP contribution in [0.25, 0.3) is 0 Å². The van der Waals surface area contributed by atoms with Crippen LogP contribution in [-0.4, -0.2) is 35.5 Å². The number of nitrogens with one attached hydrogen (secondary N) is 1. The van der Waals surface area contributed by atoms with Crippen molar-refractivity contribution in [2.24, 2.45) is 0 Å². The lowest BCUT2D eigenvalue weighted by molar-refractivity contribution is -0.142. The highest BCUT2D eigenvalue weighted by Gasteiger charge is 2.24. The summed E-state index contributed by atoms with van der Waals surface area (Å²) >= 11 is 1.19. The number of unbranched alkanes of at least 4 members (excludes halogenated alkanes) is 1. The van der Waals surface area contributed by atoms with Crippen molar-refractivity contribution in [1.82, 2.24) is 4.98 Å². The lowest BCUT2D eigenvalue weighted by Gasteiger charge is -2.16. The van der Waals surface area contributed by atoms with E-state index in [0.717, 1.165) is 12.8 Å². The van der Waals surface area contributed by atoms with Gasteiger partial charge < -0.3 is 15.2 Å². The fraction of sp³-hybridized carbons (Fsp3) is 0.400. The molecule has 1 atom stereocenters. The molecule has 8 nitrogen and oxygen atoms in total. The lowest BCUT2D eigenvalue weighted by atomic mass is 10.1. The molecule has 0 radical (unpaired) electrons. The Morgan fingerprint density at radius 2 is 1.93 bits per heavy atom. The smallest absolute Gasteiger partial charge is 0.338 e. The molecule has 0 bridgehead atoms. The summed E-state index contributed by atoms with van der Waals surface area (Å²) in [6.07, 6.45) is 1.05. The van der Waals surface area contributed by atoms with E-state index in [9.17, 15) is 14.4 Å². The van der Waals surface area contributed by atoms with E-state index < -0.39 is 18.0 Å². The van der Waals surface area contributed by atoms with Crippen LogP contribution >= 0.6 is 11.3 Å². The Labute approximate surface area is 173 Å². The van der Waals surface area contributed by atoms with Crippen molar-refractivity contribution in [3.05, 3.63) is 40.9 Å². The highest BCUT2D eigenvalue weighted by Crippen LogP contribution is 2.18. The summed E-state index contributed by atoms with van der Waals surface area (Å²) in [5, 5.41) is 4.67. The minimum Gasteiger partial charge on any atom is -0.466 e. The van der Waals surface area contributed by atoms with Crippen molar-refractivity contribution >= 4 is 40.0 Å². The summed E-state index contributed by atoms with van der Waals surface area (Å²) in [6, 6.07) is 6.29. The molecule has 1 amide bonds. The maximum Gasteiger partial charge on any atom is 0.338 e. The minimum absolute atomic E-state index is 0.0333. The molecule has 0 saturated heterocycles. The normalized spacial score (nSPS) is 11.5. The van der Waals surface area contributed by atoms with Crippen molar-refractivity contribution in [2.45, 2.75) is 45.6 Å². The molecule has 0 aliphatic carbocycles. The van der Waals surface area contributed by atoms with Crippen molar-refractivity contribution in [3.8, 4) is 0 Å². The second-order valence-corrected chi connectivity index (χ2v) is 7.13. The maximum absolute atomic E-state index is 12.6. The van der Waals surface area contributed by atoms with E-state index in [1.54, 1.807) is 36.6 Å². The number of hydrogen-bond donors (Lipinski definition) is 2. The van der Waals surface area contributed by atoms with Gasteiger partial charge in [-0.25, -0.2) is 9.78 Å². The summed E-state index contributed by atoms with van der Waals surface area (Å²) in [5.41, 5.74) is 6.98. The van der Waals surface area contributed by atoms with Gasteiger partial charge in [0.25, 0.3) is 5.91 Å². The molecule has 0 fully saturated rings. The Morgan fingerprint density at radius 3 is 2.59 bits per heavy atom. The summed E-state index contributed by atoms with van der Waals surface area (Å²) in [6.45, 7) is 4.01. The van der Waals surface area contributed by atoms with E-state index in [4.69, 9.17) is 15.2 Å². The van der Waals surface area contributed by atoms with Crippen molar-refractivity contribution < 1.29 is 23.9 Å². The molecule has 29 heavy (non-hydrogen) atoms. The Hall–Kier alpha value is -2.94. The van der Waals surface area contributed by atoms with Gasteiger partial charge in [-0.1, -0.05) is 13.3 Å². The number of hydrogen-bond acceptors (Lipinski definition) is 8. The number of nitrogen functional groups attached to an aromatic ring is 1. The number of rotatable bonds is 10. The van der Waals surface area contributed by atoms with E-state index >= 15 is 0 Å². The van der Waals surface area contributed by atoms with Gasteiger partial charge in [-0.15, -0.1) is 11.3 Å². The van der Waals surface area contributed by atoms with Crippen LogP contribution < -0.4 is 11.1 Å². The van der Waals surface area contributed by atoms with Gasteiger partial charge in [0.15, 0.2) is 11.2 Å². The SMILES string of the molecule is CCCCC(OC(=O)c1ccc(N)cc1)C(=O)Nc1nc(CC(=O)OCC)cs1. The van der Waals surface area contributed by atoms with E-state index in [1.807, 2.05) is 6.92 Å². The largest absolute Gasteiger partial charge is 0.466 e. The minimum atomic E-state index is -0.947. The van der Waals surface area contributed by atoms with E-state index in [1.165, 1.54) is 11.3 Å². The molecule has 9 heteroatoms. The molecule has 1 heterocycles. The molecule has 0 aliphatic heterocycles. The number of nitrogens with zero attached hydrogens (tertiary/aromatic N) is 1. The number of nitrogens with two attached hydrogens (primary N) is 1. The number of anilines is 2. The molecule has 0 saturated carbocycles. The zero-order valence-corrected chi connectivity index (χ0v) is 17.3. The summed E-state index contributed by atoms with van der Waals surface area (Å²) in [5.74, 6) is -1.43. The first-order valence-electron chi connectivity index (χ1n) is 9.40. The maximum atomic E-state index is 12.6. The van der Waals surface area contributed by atoms with Crippen LogP contribution in [0.15, 0.2) is 29.6 Å². The van der Waals surface area contributed by atoms with Gasteiger partial charge in [0.2, 0.25) is 0 Å². The number of carbonyl (C=O) groups excluding carboxylic acids is 3. The van der Waals surface area contributed by atoms with Crippen LogP contribution in [0.1, 0.15) is 49.2 Å². The van der Waals surface area contributed by atoms with Crippen molar-refractivity contribution in [2.75, 3.05) is 17.7 Å². The average Bonchev–Trinajstić information content (AvgIpc) is 3.12. The van der Waals surface area contributed by atoms with Gasteiger partial charge in [-0.05, 0) is 44.0 Å². The molecule has 0 spiro atoms. The highest BCUT2D eigenvalue weighted by molar-refractivity contribution is 7.13. The third kappa shape index (κ3) is 7.19. The molecule has 156 valence electrons. The number of benzene rings is 1. The van der Waals surface area contributed by atoms with E-state index in [2.05, 4.69) is 10.3 Å². The standard InChI is InChI=1S/C20H25N3O5S/c1-3-5-6-16(28-19(26)13-7-9-14(21)10-8-13)18(25)23-20-22-15(12-29-20)11-17(24)27-4-2/h7-10,12,16H,3-6,11,21H2,1-2H3,(H,22,23,25). The van der Waals surface area contributed by atoms with E-state index in [0.29, 0.717) is 35.1 Å². The van der Waals surface area contributed by atoms with Crippen LogP contribution in [0.3, 0.4) is 0 Å². The fourth-order valence-electron chi connectivity index (χ4n) is 2.44. The predicted molar refractivity (Wildman–Crippen MR) is 111 cm³/mol. The first-order chi connectivity index (χ1) is 13.9. The number of thiazole rings is 1. The van der Waals surface area contributed by atoms with Gasteiger partial charge in [-0.3, -0.25) is 14.9 Å². The quantitative estimate of drug-likeness (QED) is 0.448. The zero-order valence-electron chi connectivity index (χ0n) is 16.5. The van der Waals surface area contributed by atoms with Crippen LogP contribution in [0, 0.1) is 0 Å². The molecule has 1 aromatic heterocycles. The molecule has 3 N–H and O–H groups in total. The monoisotopic (exact) mass is 419 g/mol. The molecule has 1 aromatic carbocycles. The Morgan fingerprint density at radius 1 is 1.21 bits per heavy atom.